The van der Waals surface area contributed by atoms with E-state index in [9.17, 15) is 5.11 Å². The molecule has 4 N–H and O–H groups in total. The molecule has 0 saturated heterocycles. The Hall–Kier alpha value is -1.42. The van der Waals surface area contributed by atoms with Crippen molar-refractivity contribution in [2.75, 3.05) is 17.6 Å². The molecule has 1 aliphatic carbocycles. The normalized spacial score (nSPS) is 18.3. The number of nitrogens with one attached hydrogen (secondary N) is 1. The Bertz CT molecular complexity index is 452. The van der Waals surface area contributed by atoms with E-state index in [1.54, 1.807) is 0 Å². The van der Waals surface area contributed by atoms with Gasteiger partial charge in [0.2, 0.25) is 0 Å². The van der Waals surface area contributed by atoms with Gasteiger partial charge in [-0.2, -0.15) is 0 Å². The van der Waals surface area contributed by atoms with Crippen LogP contribution in [-0.4, -0.2) is 23.4 Å². The molecule has 1 saturated carbocycles. The fraction of sp³-hybridized carbons (Fsp3) is 0.647. The summed E-state index contributed by atoms with van der Waals surface area (Å²) in [7, 11) is 0. The van der Waals surface area contributed by atoms with E-state index in [0.717, 1.165) is 31.4 Å². The molecule has 1 aliphatic rings. The molecule has 0 unspecified atom stereocenters. The maximum absolute atomic E-state index is 10.7. The number of hydrogen-bond donors (Lipinski definition) is 3. The second kappa shape index (κ2) is 7.03. The molecular weight excluding hydrogens is 264 g/mol. The van der Waals surface area contributed by atoms with Crippen LogP contribution in [0.15, 0.2) is 18.2 Å². The Morgan fingerprint density at radius 2 is 1.90 bits per heavy atom. The molecule has 21 heavy (non-hydrogen) atoms. The molecule has 0 heterocycles. The van der Waals surface area contributed by atoms with Gasteiger partial charge in [0.15, 0.2) is 0 Å². The third-order valence-corrected chi connectivity index (χ3v) is 4.03. The quantitative estimate of drug-likeness (QED) is 0.573. The second-order valence-corrected chi connectivity index (χ2v) is 6.41. The first-order chi connectivity index (χ1) is 9.98. The van der Waals surface area contributed by atoms with E-state index in [4.69, 9.17) is 10.5 Å². The van der Waals surface area contributed by atoms with Crippen LogP contribution in [0.1, 0.15) is 52.4 Å². The summed E-state index contributed by atoms with van der Waals surface area (Å²) in [4.78, 5) is 0. The lowest BCUT2D eigenvalue weighted by molar-refractivity contribution is 0.0381. The van der Waals surface area contributed by atoms with Crippen molar-refractivity contribution in [3.63, 3.8) is 0 Å². The molecule has 0 atom stereocenters. The number of nitrogens with two attached hydrogens (primary N) is 1. The Morgan fingerprint density at radius 3 is 2.52 bits per heavy atom. The van der Waals surface area contributed by atoms with Gasteiger partial charge in [0.25, 0.3) is 0 Å². The van der Waals surface area contributed by atoms with Crippen molar-refractivity contribution >= 4 is 11.4 Å². The van der Waals surface area contributed by atoms with E-state index in [-0.39, 0.29) is 6.10 Å². The molecule has 4 heteroatoms. The zero-order chi connectivity index (χ0) is 15.3. The smallest absolute Gasteiger partial charge is 0.144 e. The van der Waals surface area contributed by atoms with Crippen molar-refractivity contribution in [2.45, 2.75) is 64.1 Å². The summed E-state index contributed by atoms with van der Waals surface area (Å²) in [6, 6.07) is 5.69. The number of hydrogen-bond acceptors (Lipinski definition) is 4. The van der Waals surface area contributed by atoms with Gasteiger partial charge in [0, 0.05) is 18.3 Å². The van der Waals surface area contributed by atoms with Crippen molar-refractivity contribution < 1.29 is 9.84 Å². The largest absolute Gasteiger partial charge is 0.489 e. The van der Waals surface area contributed by atoms with Gasteiger partial charge in [0.05, 0.1) is 17.4 Å². The Labute approximate surface area is 127 Å². The predicted octanol–water partition coefficient (Wildman–Crippen LogP) is 3.55. The lowest BCUT2D eigenvalue weighted by Crippen LogP contribution is -2.36. The van der Waals surface area contributed by atoms with Crippen LogP contribution in [0.4, 0.5) is 11.4 Å². The highest BCUT2D eigenvalue weighted by Gasteiger charge is 2.27. The van der Waals surface area contributed by atoms with Gasteiger partial charge in [0.1, 0.15) is 5.75 Å². The highest BCUT2D eigenvalue weighted by atomic mass is 16.5. The topological polar surface area (TPSA) is 67.5 Å². The number of benzene rings is 1. The van der Waals surface area contributed by atoms with Crippen molar-refractivity contribution in [2.24, 2.45) is 0 Å². The van der Waals surface area contributed by atoms with E-state index in [0.29, 0.717) is 18.0 Å². The highest BCUT2D eigenvalue weighted by Crippen LogP contribution is 2.29. The lowest BCUT2D eigenvalue weighted by atomic mass is 9.94. The predicted molar refractivity (Wildman–Crippen MR) is 87.8 cm³/mol. The molecule has 1 aromatic rings. The number of ether oxygens (including phenoxy) is 1. The fourth-order valence-electron chi connectivity index (χ4n) is 2.83. The number of nitrogen functional groups attached to an aromatic ring is 1. The Kier molecular flexibility index (Phi) is 5.34. The minimum Gasteiger partial charge on any atom is -0.489 e. The minimum absolute atomic E-state index is 0.0913. The minimum atomic E-state index is -0.586. The third kappa shape index (κ3) is 4.81. The molecule has 0 aromatic heterocycles. The monoisotopic (exact) mass is 292 g/mol. The third-order valence-electron chi connectivity index (χ3n) is 4.03. The van der Waals surface area contributed by atoms with E-state index in [2.05, 4.69) is 5.32 Å². The number of rotatable bonds is 5. The van der Waals surface area contributed by atoms with Crippen LogP contribution in [0, 0.1) is 0 Å². The summed E-state index contributed by atoms with van der Waals surface area (Å²) in [5, 5.41) is 14.0. The Balaban J connectivity index is 1.99. The number of anilines is 2. The van der Waals surface area contributed by atoms with Crippen LogP contribution in [-0.2, 0) is 0 Å². The molecule has 1 fully saturated rings. The summed E-state index contributed by atoms with van der Waals surface area (Å²) in [6.07, 6.45) is 6.54. The van der Waals surface area contributed by atoms with Crippen LogP contribution in [0.2, 0.25) is 0 Å². The van der Waals surface area contributed by atoms with Crippen molar-refractivity contribution in [3.8, 4) is 5.75 Å². The van der Waals surface area contributed by atoms with Gasteiger partial charge in [-0.1, -0.05) is 25.7 Å². The molecular formula is C17H28N2O2. The Morgan fingerprint density at radius 1 is 1.24 bits per heavy atom. The maximum atomic E-state index is 10.7. The van der Waals surface area contributed by atoms with Gasteiger partial charge in [-0.05, 0) is 38.8 Å². The van der Waals surface area contributed by atoms with Crippen LogP contribution < -0.4 is 15.8 Å². The average Bonchev–Trinajstić information content (AvgIpc) is 2.65. The van der Waals surface area contributed by atoms with E-state index < -0.39 is 5.60 Å². The SMILES string of the molecule is CC(C)Oc1cc(NCC2(O)CCCCCC2)ccc1N. The first-order valence-electron chi connectivity index (χ1n) is 8.01. The number of aliphatic hydroxyl groups is 1. The standard InChI is InChI=1S/C17H28N2O2/c1-13(2)21-16-11-14(7-8-15(16)18)19-12-17(20)9-5-3-4-6-10-17/h7-8,11,13,19-20H,3-6,9-10,12,18H2,1-2H3. The molecule has 4 nitrogen and oxygen atoms in total. The first kappa shape index (κ1) is 16.0. The molecule has 0 aliphatic heterocycles. The lowest BCUT2D eigenvalue weighted by Gasteiger charge is -2.27. The van der Waals surface area contributed by atoms with Crippen molar-refractivity contribution in [3.05, 3.63) is 18.2 Å². The van der Waals surface area contributed by atoms with E-state index >= 15 is 0 Å². The maximum Gasteiger partial charge on any atom is 0.144 e. The zero-order valence-corrected chi connectivity index (χ0v) is 13.2. The molecule has 1 aromatic carbocycles. The van der Waals surface area contributed by atoms with Gasteiger partial charge in [-0.3, -0.25) is 0 Å². The van der Waals surface area contributed by atoms with Crippen LogP contribution in [0.3, 0.4) is 0 Å². The first-order valence-corrected chi connectivity index (χ1v) is 8.01. The van der Waals surface area contributed by atoms with Gasteiger partial charge in [-0.25, -0.2) is 0 Å². The average molecular weight is 292 g/mol. The molecule has 118 valence electrons. The molecule has 0 bridgehead atoms. The summed E-state index contributed by atoms with van der Waals surface area (Å²) in [5.41, 5.74) is 6.92. The van der Waals surface area contributed by atoms with Gasteiger partial charge < -0.3 is 20.9 Å². The van der Waals surface area contributed by atoms with Crippen LogP contribution in [0.25, 0.3) is 0 Å². The zero-order valence-electron chi connectivity index (χ0n) is 13.2. The summed E-state index contributed by atoms with van der Waals surface area (Å²) >= 11 is 0. The molecule has 2 rings (SSSR count). The van der Waals surface area contributed by atoms with Gasteiger partial charge in [-0.15, -0.1) is 0 Å². The molecule has 0 spiro atoms. The van der Waals surface area contributed by atoms with Gasteiger partial charge >= 0.3 is 0 Å². The molecule has 0 radical (unpaired) electrons. The van der Waals surface area contributed by atoms with E-state index in [1.807, 2.05) is 32.0 Å². The van der Waals surface area contributed by atoms with Crippen molar-refractivity contribution in [1.29, 1.82) is 0 Å². The highest BCUT2D eigenvalue weighted by molar-refractivity contribution is 5.61. The van der Waals surface area contributed by atoms with E-state index in [1.165, 1.54) is 12.8 Å². The van der Waals surface area contributed by atoms with Crippen molar-refractivity contribution in [1.82, 2.24) is 0 Å². The molecule has 0 amide bonds. The van der Waals surface area contributed by atoms with Crippen LogP contribution >= 0.6 is 0 Å². The van der Waals surface area contributed by atoms with Crippen LogP contribution in [0.5, 0.6) is 5.75 Å². The second-order valence-electron chi connectivity index (χ2n) is 6.41. The summed E-state index contributed by atoms with van der Waals surface area (Å²) < 4.78 is 5.70. The summed E-state index contributed by atoms with van der Waals surface area (Å²) in [6.45, 7) is 4.54. The fourth-order valence-corrected chi connectivity index (χ4v) is 2.83. The summed E-state index contributed by atoms with van der Waals surface area (Å²) in [5.74, 6) is 0.697.